The molecular formula is C20H17N5O4S. The third-order valence-electron chi connectivity index (χ3n) is 4.37. The fourth-order valence-corrected chi connectivity index (χ4v) is 3.54. The molecule has 0 saturated carbocycles. The molecule has 30 heavy (non-hydrogen) atoms. The van der Waals surface area contributed by atoms with Gasteiger partial charge in [0, 0.05) is 29.1 Å². The van der Waals surface area contributed by atoms with E-state index in [1.165, 1.54) is 31.0 Å². The van der Waals surface area contributed by atoms with Gasteiger partial charge >= 0.3 is 0 Å². The number of nitrogens with zero attached hydrogens (tertiary/aromatic N) is 4. The van der Waals surface area contributed by atoms with Gasteiger partial charge in [0.05, 0.1) is 17.6 Å². The van der Waals surface area contributed by atoms with Crippen molar-refractivity contribution in [1.29, 1.82) is 0 Å². The van der Waals surface area contributed by atoms with Crippen LogP contribution in [0.15, 0.2) is 60.3 Å². The van der Waals surface area contributed by atoms with Crippen LogP contribution in [-0.4, -0.2) is 33.0 Å². The summed E-state index contributed by atoms with van der Waals surface area (Å²) in [6.45, 7) is 3.69. The second kappa shape index (κ2) is 8.37. The number of hydrogen-bond acceptors (Lipinski definition) is 9. The predicted octanol–water partition coefficient (Wildman–Crippen LogP) is 4.24. The predicted molar refractivity (Wildman–Crippen MR) is 113 cm³/mol. The van der Waals surface area contributed by atoms with E-state index >= 15 is 0 Å². The van der Waals surface area contributed by atoms with E-state index in [4.69, 9.17) is 9.47 Å². The molecule has 3 aromatic rings. The minimum atomic E-state index is -0.795. The molecule has 0 aliphatic carbocycles. The zero-order chi connectivity index (χ0) is 21.1. The zero-order valence-corrected chi connectivity index (χ0v) is 16.8. The number of nitro benzene ring substituents is 1. The lowest BCUT2D eigenvalue weighted by Crippen LogP contribution is -2.18. The highest BCUT2D eigenvalue weighted by Crippen LogP contribution is 2.41. The number of methoxy groups -OCH3 is 1. The standard InChI is InChI=1S/C20H17N5O4S/c1-3-10-30-20-22-19-17(23-24-20)13-6-4-5-7-15(13)21-18(29-19)14-11-12(25(26)27)8-9-16(14)28-2/h3-9,11,18,21H,1,10H2,2H3/t18-/m1/s1. The van der Waals surface area contributed by atoms with Crippen LogP contribution in [0, 0.1) is 10.1 Å². The number of rotatable bonds is 6. The summed E-state index contributed by atoms with van der Waals surface area (Å²) >= 11 is 1.38. The van der Waals surface area contributed by atoms with Crippen LogP contribution in [0.3, 0.4) is 0 Å². The van der Waals surface area contributed by atoms with Gasteiger partial charge in [0.15, 0.2) is 5.69 Å². The normalized spacial score (nSPS) is 14.4. The first-order valence-electron chi connectivity index (χ1n) is 8.94. The molecule has 2 aromatic carbocycles. The van der Waals surface area contributed by atoms with Crippen LogP contribution in [-0.2, 0) is 0 Å². The average Bonchev–Trinajstić information content (AvgIpc) is 2.93. The van der Waals surface area contributed by atoms with E-state index in [2.05, 4.69) is 27.1 Å². The first-order chi connectivity index (χ1) is 14.6. The van der Waals surface area contributed by atoms with Crippen LogP contribution in [0.2, 0.25) is 0 Å². The van der Waals surface area contributed by atoms with Gasteiger partial charge in [-0.3, -0.25) is 10.1 Å². The van der Waals surface area contributed by atoms with E-state index in [1.54, 1.807) is 12.1 Å². The number of anilines is 1. The number of para-hydroxylation sites is 1. The molecule has 0 fully saturated rings. The second-order valence-corrected chi connectivity index (χ2v) is 7.21. The van der Waals surface area contributed by atoms with E-state index in [1.807, 2.05) is 24.3 Å². The maximum atomic E-state index is 11.3. The van der Waals surface area contributed by atoms with Crippen molar-refractivity contribution < 1.29 is 14.4 Å². The van der Waals surface area contributed by atoms with Gasteiger partial charge in [0.2, 0.25) is 17.3 Å². The van der Waals surface area contributed by atoms with Gasteiger partial charge in [-0.15, -0.1) is 16.8 Å². The minimum absolute atomic E-state index is 0.0722. The largest absolute Gasteiger partial charge is 0.496 e. The highest BCUT2D eigenvalue weighted by molar-refractivity contribution is 7.99. The van der Waals surface area contributed by atoms with Crippen molar-refractivity contribution in [1.82, 2.24) is 15.2 Å². The maximum Gasteiger partial charge on any atom is 0.270 e. The summed E-state index contributed by atoms with van der Waals surface area (Å²) < 4.78 is 11.6. The van der Waals surface area contributed by atoms with E-state index in [0.717, 1.165) is 11.3 Å². The molecule has 4 rings (SSSR count). The van der Waals surface area contributed by atoms with Gasteiger partial charge in [0.1, 0.15) is 5.75 Å². The van der Waals surface area contributed by atoms with Crippen molar-refractivity contribution in [2.45, 2.75) is 11.4 Å². The van der Waals surface area contributed by atoms with Crippen molar-refractivity contribution in [3.05, 3.63) is 70.8 Å². The molecule has 10 heteroatoms. The molecule has 1 atom stereocenters. The van der Waals surface area contributed by atoms with Gasteiger partial charge in [-0.2, -0.15) is 4.98 Å². The Morgan fingerprint density at radius 2 is 2.17 bits per heavy atom. The first-order valence-corrected chi connectivity index (χ1v) is 9.92. The molecule has 2 heterocycles. The molecule has 0 saturated heterocycles. The minimum Gasteiger partial charge on any atom is -0.496 e. The zero-order valence-electron chi connectivity index (χ0n) is 15.9. The Morgan fingerprint density at radius 3 is 2.93 bits per heavy atom. The van der Waals surface area contributed by atoms with Gasteiger partial charge in [0.25, 0.3) is 5.69 Å². The summed E-state index contributed by atoms with van der Waals surface area (Å²) in [6, 6.07) is 11.8. The Kier molecular flexibility index (Phi) is 5.48. The van der Waals surface area contributed by atoms with Gasteiger partial charge in [-0.25, -0.2) is 0 Å². The molecular weight excluding hydrogens is 406 g/mol. The monoisotopic (exact) mass is 423 g/mol. The number of nitro groups is 1. The molecule has 152 valence electrons. The summed E-state index contributed by atoms with van der Waals surface area (Å²) in [6.07, 6.45) is 0.949. The summed E-state index contributed by atoms with van der Waals surface area (Å²) in [5.41, 5.74) is 2.37. The van der Waals surface area contributed by atoms with Crippen molar-refractivity contribution in [2.75, 3.05) is 18.2 Å². The average molecular weight is 423 g/mol. The first kappa shape index (κ1) is 19.6. The van der Waals surface area contributed by atoms with Crippen molar-refractivity contribution in [3.63, 3.8) is 0 Å². The number of aromatic nitrogens is 3. The van der Waals surface area contributed by atoms with Crippen LogP contribution in [0.5, 0.6) is 11.6 Å². The Balaban J connectivity index is 1.84. The van der Waals surface area contributed by atoms with Crippen LogP contribution in [0.25, 0.3) is 11.3 Å². The molecule has 0 spiro atoms. The van der Waals surface area contributed by atoms with E-state index < -0.39 is 11.2 Å². The molecule has 1 aliphatic heterocycles. The molecule has 1 aromatic heterocycles. The molecule has 0 radical (unpaired) electrons. The smallest absolute Gasteiger partial charge is 0.270 e. The summed E-state index contributed by atoms with van der Waals surface area (Å²) in [5.74, 6) is 1.34. The van der Waals surface area contributed by atoms with Gasteiger partial charge in [-0.1, -0.05) is 36.0 Å². The quantitative estimate of drug-likeness (QED) is 0.269. The van der Waals surface area contributed by atoms with E-state index in [0.29, 0.717) is 27.9 Å². The van der Waals surface area contributed by atoms with Gasteiger partial charge in [-0.05, 0) is 12.1 Å². The molecule has 0 bridgehead atoms. The molecule has 0 unspecified atom stereocenters. The molecule has 1 aliphatic rings. The number of non-ortho nitro benzene ring substituents is 1. The number of nitrogens with one attached hydrogen (secondary N) is 1. The van der Waals surface area contributed by atoms with E-state index in [-0.39, 0.29) is 11.6 Å². The molecule has 1 N–H and O–H groups in total. The molecule has 9 nitrogen and oxygen atoms in total. The topological polar surface area (TPSA) is 112 Å². The highest BCUT2D eigenvalue weighted by atomic mass is 32.2. The third-order valence-corrected chi connectivity index (χ3v) is 5.20. The Bertz CT molecular complexity index is 1120. The van der Waals surface area contributed by atoms with Gasteiger partial charge < -0.3 is 14.8 Å². The SMILES string of the molecule is C=CCSc1nnc2c(n1)O[C@H](c1cc([N+](=O)[O-])ccc1OC)Nc1ccccc1-2. The summed E-state index contributed by atoms with van der Waals surface area (Å²) in [5, 5.41) is 23.5. The summed E-state index contributed by atoms with van der Waals surface area (Å²) in [7, 11) is 1.50. The number of hydrogen-bond donors (Lipinski definition) is 1. The number of thioether (sulfide) groups is 1. The van der Waals surface area contributed by atoms with Crippen LogP contribution < -0.4 is 14.8 Å². The Labute approximate surface area is 176 Å². The third kappa shape index (κ3) is 3.77. The summed E-state index contributed by atoms with van der Waals surface area (Å²) in [4.78, 5) is 15.3. The van der Waals surface area contributed by atoms with Crippen molar-refractivity contribution >= 4 is 23.1 Å². The highest BCUT2D eigenvalue weighted by Gasteiger charge is 2.29. The van der Waals surface area contributed by atoms with Crippen molar-refractivity contribution in [2.24, 2.45) is 0 Å². The van der Waals surface area contributed by atoms with Crippen LogP contribution in [0.4, 0.5) is 11.4 Å². The number of ether oxygens (including phenoxy) is 2. The fraction of sp³-hybridized carbons (Fsp3) is 0.150. The lowest BCUT2D eigenvalue weighted by Gasteiger charge is -2.21. The van der Waals surface area contributed by atoms with E-state index in [9.17, 15) is 10.1 Å². The number of benzene rings is 2. The van der Waals surface area contributed by atoms with Crippen LogP contribution >= 0.6 is 11.8 Å². The molecule has 0 amide bonds. The lowest BCUT2D eigenvalue weighted by atomic mass is 10.1. The maximum absolute atomic E-state index is 11.3. The fourth-order valence-electron chi connectivity index (χ4n) is 3.02. The Morgan fingerprint density at radius 1 is 1.33 bits per heavy atom. The lowest BCUT2D eigenvalue weighted by molar-refractivity contribution is -0.385. The second-order valence-electron chi connectivity index (χ2n) is 6.22. The van der Waals surface area contributed by atoms with Crippen molar-refractivity contribution in [3.8, 4) is 22.9 Å². The van der Waals surface area contributed by atoms with Crippen LogP contribution in [0.1, 0.15) is 11.8 Å². The number of fused-ring (bicyclic) bond motifs is 3. The Hall–Kier alpha value is -3.66.